The summed E-state index contributed by atoms with van der Waals surface area (Å²) in [7, 11) is 0. The van der Waals surface area contributed by atoms with Crippen molar-refractivity contribution >= 4 is 0 Å². The first-order chi connectivity index (χ1) is 8.22. The third-order valence-corrected chi connectivity index (χ3v) is 3.94. The predicted octanol–water partition coefficient (Wildman–Crippen LogP) is 3.15. The third kappa shape index (κ3) is 2.89. The van der Waals surface area contributed by atoms with Crippen molar-refractivity contribution in [1.82, 2.24) is 9.55 Å². The van der Waals surface area contributed by atoms with Crippen LogP contribution in [-0.2, 0) is 6.54 Å². The van der Waals surface area contributed by atoms with Gasteiger partial charge in [0.2, 0.25) is 0 Å². The van der Waals surface area contributed by atoms with Gasteiger partial charge in [0.1, 0.15) is 0 Å². The van der Waals surface area contributed by atoms with Crippen molar-refractivity contribution in [1.29, 1.82) is 0 Å². The van der Waals surface area contributed by atoms with Crippen molar-refractivity contribution < 1.29 is 5.11 Å². The number of rotatable bonds is 4. The average Bonchev–Trinajstić information content (AvgIpc) is 2.77. The van der Waals surface area contributed by atoms with Crippen LogP contribution < -0.4 is 0 Å². The summed E-state index contributed by atoms with van der Waals surface area (Å²) in [5.41, 5.74) is 1.01. The summed E-state index contributed by atoms with van der Waals surface area (Å²) in [6.45, 7) is 5.40. The lowest BCUT2D eigenvalue weighted by molar-refractivity contribution is 0.0650. The molecule has 1 aromatic rings. The van der Waals surface area contributed by atoms with E-state index in [0.29, 0.717) is 5.92 Å². The normalized spacial score (nSPS) is 27.0. The highest BCUT2D eigenvalue weighted by atomic mass is 16.3. The fourth-order valence-electron chi connectivity index (χ4n) is 3.01. The van der Waals surface area contributed by atoms with Crippen molar-refractivity contribution in [2.45, 2.75) is 58.6 Å². The maximum Gasteiger partial charge on any atom is 0.0983 e. The van der Waals surface area contributed by atoms with Gasteiger partial charge in [-0.3, -0.25) is 0 Å². The van der Waals surface area contributed by atoms with E-state index in [1.165, 1.54) is 12.8 Å². The summed E-state index contributed by atoms with van der Waals surface area (Å²) in [6, 6.07) is 0. The molecule has 0 amide bonds. The molecule has 96 valence electrons. The molecule has 0 spiro atoms. The Labute approximate surface area is 104 Å². The van der Waals surface area contributed by atoms with Gasteiger partial charge in [-0.1, -0.05) is 26.7 Å². The molecule has 0 saturated heterocycles. The van der Waals surface area contributed by atoms with Crippen LogP contribution in [-0.4, -0.2) is 14.7 Å². The summed E-state index contributed by atoms with van der Waals surface area (Å²) in [5, 5.41) is 10.5. The highest BCUT2D eigenvalue weighted by molar-refractivity contribution is 5.05. The monoisotopic (exact) mass is 236 g/mol. The lowest BCUT2D eigenvalue weighted by atomic mass is 9.79. The first-order valence-electron chi connectivity index (χ1n) is 6.90. The van der Waals surface area contributed by atoms with Crippen molar-refractivity contribution in [3.05, 3.63) is 18.2 Å². The second kappa shape index (κ2) is 5.67. The Balaban J connectivity index is 2.07. The molecule has 1 N–H and O–H groups in total. The Bertz CT molecular complexity index is 348. The van der Waals surface area contributed by atoms with Gasteiger partial charge in [0.25, 0.3) is 0 Å². The highest BCUT2D eigenvalue weighted by Gasteiger charge is 2.28. The number of aliphatic hydroxyl groups is 1. The largest absolute Gasteiger partial charge is 0.387 e. The van der Waals surface area contributed by atoms with E-state index in [2.05, 4.69) is 23.4 Å². The Kier molecular flexibility index (Phi) is 4.21. The first kappa shape index (κ1) is 12.6. The van der Waals surface area contributed by atoms with Crippen LogP contribution in [0.15, 0.2) is 12.5 Å². The summed E-state index contributed by atoms with van der Waals surface area (Å²) >= 11 is 0. The topological polar surface area (TPSA) is 38.0 Å². The molecule has 1 aliphatic carbocycles. The van der Waals surface area contributed by atoms with E-state index in [1.54, 1.807) is 0 Å². The van der Waals surface area contributed by atoms with E-state index in [4.69, 9.17) is 0 Å². The minimum absolute atomic E-state index is 0.327. The zero-order valence-electron chi connectivity index (χ0n) is 11.0. The van der Waals surface area contributed by atoms with E-state index in [9.17, 15) is 5.11 Å². The molecule has 1 heterocycles. The molecule has 3 atom stereocenters. The number of aryl methyl sites for hydroxylation is 1. The number of aliphatic hydroxyl groups excluding tert-OH is 1. The van der Waals surface area contributed by atoms with E-state index in [-0.39, 0.29) is 6.10 Å². The molecular weight excluding hydrogens is 212 g/mol. The molecule has 1 fully saturated rings. The number of imidazole rings is 1. The van der Waals surface area contributed by atoms with Crippen LogP contribution in [0.4, 0.5) is 0 Å². The Morgan fingerprint density at radius 3 is 3.06 bits per heavy atom. The summed E-state index contributed by atoms with van der Waals surface area (Å²) in [6.07, 6.45) is 9.31. The standard InChI is InChI=1S/C14H24N2O/c1-3-7-16-10-15-9-13(16)14(17)12-6-4-5-11(2)8-12/h9-12,14,17H,3-8H2,1-2H3. The van der Waals surface area contributed by atoms with E-state index < -0.39 is 0 Å². The molecular formula is C14H24N2O. The minimum Gasteiger partial charge on any atom is -0.387 e. The average molecular weight is 236 g/mol. The highest BCUT2D eigenvalue weighted by Crippen LogP contribution is 2.36. The minimum atomic E-state index is -0.327. The van der Waals surface area contributed by atoms with Gasteiger partial charge in [-0.05, 0) is 31.1 Å². The van der Waals surface area contributed by atoms with Gasteiger partial charge in [0, 0.05) is 6.54 Å². The summed E-state index contributed by atoms with van der Waals surface area (Å²) < 4.78 is 2.10. The predicted molar refractivity (Wildman–Crippen MR) is 68.6 cm³/mol. The summed E-state index contributed by atoms with van der Waals surface area (Å²) in [4.78, 5) is 4.18. The fraction of sp³-hybridized carbons (Fsp3) is 0.786. The van der Waals surface area contributed by atoms with Crippen LogP contribution in [0, 0.1) is 11.8 Å². The van der Waals surface area contributed by atoms with Crippen LogP contribution in [0.5, 0.6) is 0 Å². The van der Waals surface area contributed by atoms with Crippen LogP contribution >= 0.6 is 0 Å². The molecule has 1 aliphatic rings. The quantitative estimate of drug-likeness (QED) is 0.872. The smallest absolute Gasteiger partial charge is 0.0983 e. The zero-order valence-corrected chi connectivity index (χ0v) is 11.0. The Morgan fingerprint density at radius 2 is 2.35 bits per heavy atom. The molecule has 0 aromatic carbocycles. The number of aromatic nitrogens is 2. The SMILES string of the molecule is CCCn1cncc1C(O)C1CCCC(C)C1. The van der Waals surface area contributed by atoms with Gasteiger partial charge in [-0.2, -0.15) is 0 Å². The maximum absolute atomic E-state index is 10.5. The Morgan fingerprint density at radius 1 is 1.53 bits per heavy atom. The van der Waals surface area contributed by atoms with Gasteiger partial charge >= 0.3 is 0 Å². The van der Waals surface area contributed by atoms with Gasteiger partial charge in [0.05, 0.1) is 24.3 Å². The number of nitrogens with zero attached hydrogens (tertiary/aromatic N) is 2. The maximum atomic E-state index is 10.5. The van der Waals surface area contributed by atoms with E-state index in [1.807, 2.05) is 12.5 Å². The first-order valence-corrected chi connectivity index (χ1v) is 6.90. The fourth-order valence-corrected chi connectivity index (χ4v) is 3.01. The van der Waals surface area contributed by atoms with Gasteiger partial charge < -0.3 is 9.67 Å². The second-order valence-corrected chi connectivity index (χ2v) is 5.49. The van der Waals surface area contributed by atoms with Gasteiger partial charge in [-0.25, -0.2) is 4.98 Å². The molecule has 2 rings (SSSR count). The van der Waals surface area contributed by atoms with Crippen molar-refractivity contribution in [3.8, 4) is 0 Å². The molecule has 3 unspecified atom stereocenters. The van der Waals surface area contributed by atoms with Gasteiger partial charge in [-0.15, -0.1) is 0 Å². The lowest BCUT2D eigenvalue weighted by Crippen LogP contribution is -2.22. The molecule has 0 radical (unpaired) electrons. The molecule has 1 aromatic heterocycles. The molecule has 3 heteroatoms. The molecule has 0 aliphatic heterocycles. The molecule has 3 nitrogen and oxygen atoms in total. The zero-order chi connectivity index (χ0) is 12.3. The van der Waals surface area contributed by atoms with Crippen molar-refractivity contribution in [2.75, 3.05) is 0 Å². The van der Waals surface area contributed by atoms with Crippen LogP contribution in [0.25, 0.3) is 0 Å². The van der Waals surface area contributed by atoms with Crippen molar-refractivity contribution in [2.24, 2.45) is 11.8 Å². The van der Waals surface area contributed by atoms with Crippen LogP contribution in [0.1, 0.15) is 57.7 Å². The van der Waals surface area contributed by atoms with Gasteiger partial charge in [0.15, 0.2) is 0 Å². The number of hydrogen-bond acceptors (Lipinski definition) is 2. The van der Waals surface area contributed by atoms with Crippen LogP contribution in [0.2, 0.25) is 0 Å². The van der Waals surface area contributed by atoms with E-state index >= 15 is 0 Å². The van der Waals surface area contributed by atoms with Crippen LogP contribution in [0.3, 0.4) is 0 Å². The lowest BCUT2D eigenvalue weighted by Gasteiger charge is -2.30. The Hall–Kier alpha value is -0.830. The second-order valence-electron chi connectivity index (χ2n) is 5.49. The number of hydrogen-bond donors (Lipinski definition) is 1. The molecule has 17 heavy (non-hydrogen) atoms. The third-order valence-electron chi connectivity index (χ3n) is 3.94. The van der Waals surface area contributed by atoms with Crippen molar-refractivity contribution in [3.63, 3.8) is 0 Å². The summed E-state index contributed by atoms with van der Waals surface area (Å²) in [5.74, 6) is 1.18. The molecule has 1 saturated carbocycles. The van der Waals surface area contributed by atoms with E-state index in [0.717, 1.165) is 37.4 Å². The molecule has 0 bridgehead atoms.